The number of esters is 1. The molecule has 0 saturated carbocycles. The molecular weight excluding hydrogens is 254 g/mol. The zero-order chi connectivity index (χ0) is 13.8. The molecule has 1 aromatic rings. The SMILES string of the molecule is COC(=O)c1ccc(Cl)cc1NCC(C)(C)CO. The Morgan fingerprint density at radius 1 is 1.50 bits per heavy atom. The minimum absolute atomic E-state index is 0.0497. The Hall–Kier alpha value is -1.26. The number of carbonyl (C=O) groups excluding carboxylic acids is 1. The summed E-state index contributed by atoms with van der Waals surface area (Å²) >= 11 is 5.91. The van der Waals surface area contributed by atoms with Crippen molar-refractivity contribution < 1.29 is 14.6 Å². The van der Waals surface area contributed by atoms with Gasteiger partial charge in [0, 0.05) is 23.6 Å². The van der Waals surface area contributed by atoms with Crippen LogP contribution >= 0.6 is 11.6 Å². The third-order valence-electron chi connectivity index (χ3n) is 2.57. The number of anilines is 1. The molecule has 5 heteroatoms. The molecule has 0 aliphatic heterocycles. The van der Waals surface area contributed by atoms with Crippen molar-refractivity contribution in [2.45, 2.75) is 13.8 Å². The second-order valence-electron chi connectivity index (χ2n) is 4.86. The normalized spacial score (nSPS) is 11.2. The lowest BCUT2D eigenvalue weighted by molar-refractivity contribution is 0.0601. The summed E-state index contributed by atoms with van der Waals surface area (Å²) in [5.74, 6) is -0.420. The van der Waals surface area contributed by atoms with Crippen molar-refractivity contribution in [2.75, 3.05) is 25.6 Å². The molecule has 4 nitrogen and oxygen atoms in total. The summed E-state index contributed by atoms with van der Waals surface area (Å²) < 4.78 is 4.70. The largest absolute Gasteiger partial charge is 0.465 e. The van der Waals surface area contributed by atoms with E-state index in [0.29, 0.717) is 22.8 Å². The third-order valence-corrected chi connectivity index (χ3v) is 2.81. The summed E-state index contributed by atoms with van der Waals surface area (Å²) in [5, 5.41) is 12.8. The van der Waals surface area contributed by atoms with E-state index in [1.54, 1.807) is 18.2 Å². The van der Waals surface area contributed by atoms with Gasteiger partial charge in [-0.15, -0.1) is 0 Å². The molecule has 0 unspecified atom stereocenters. The van der Waals surface area contributed by atoms with Crippen molar-refractivity contribution in [1.82, 2.24) is 0 Å². The minimum atomic E-state index is -0.420. The quantitative estimate of drug-likeness (QED) is 0.808. The van der Waals surface area contributed by atoms with Crippen LogP contribution in [0.1, 0.15) is 24.2 Å². The lowest BCUT2D eigenvalue weighted by atomic mass is 9.95. The number of nitrogens with one attached hydrogen (secondary N) is 1. The third kappa shape index (κ3) is 3.89. The number of aliphatic hydroxyl groups is 1. The predicted octanol–water partition coefficient (Wildman–Crippen LogP) is 2.56. The average molecular weight is 272 g/mol. The van der Waals surface area contributed by atoms with E-state index in [1.807, 2.05) is 13.8 Å². The summed E-state index contributed by atoms with van der Waals surface area (Å²) in [4.78, 5) is 11.6. The Morgan fingerprint density at radius 2 is 2.17 bits per heavy atom. The van der Waals surface area contributed by atoms with E-state index in [2.05, 4.69) is 5.32 Å². The van der Waals surface area contributed by atoms with E-state index in [9.17, 15) is 9.90 Å². The van der Waals surface area contributed by atoms with E-state index >= 15 is 0 Å². The molecule has 1 rings (SSSR count). The molecule has 2 N–H and O–H groups in total. The number of benzene rings is 1. The fourth-order valence-corrected chi connectivity index (χ4v) is 1.51. The Labute approximate surface area is 112 Å². The maximum Gasteiger partial charge on any atom is 0.339 e. The number of methoxy groups -OCH3 is 1. The van der Waals surface area contributed by atoms with E-state index in [0.717, 1.165) is 0 Å². The van der Waals surface area contributed by atoms with E-state index in [-0.39, 0.29) is 12.0 Å². The van der Waals surface area contributed by atoms with Gasteiger partial charge >= 0.3 is 5.97 Å². The molecule has 0 spiro atoms. The fraction of sp³-hybridized carbons (Fsp3) is 0.462. The molecular formula is C13H18ClNO3. The minimum Gasteiger partial charge on any atom is -0.465 e. The van der Waals surface area contributed by atoms with Crippen LogP contribution < -0.4 is 5.32 Å². The van der Waals surface area contributed by atoms with Crippen molar-refractivity contribution in [2.24, 2.45) is 5.41 Å². The van der Waals surface area contributed by atoms with Gasteiger partial charge in [-0.25, -0.2) is 4.79 Å². The molecule has 0 aliphatic carbocycles. The molecule has 100 valence electrons. The number of rotatable bonds is 5. The van der Waals surface area contributed by atoms with Gasteiger partial charge in [0.15, 0.2) is 0 Å². The van der Waals surface area contributed by atoms with Gasteiger partial charge in [-0.05, 0) is 18.2 Å². The zero-order valence-electron chi connectivity index (χ0n) is 10.8. The van der Waals surface area contributed by atoms with Crippen LogP contribution in [-0.4, -0.2) is 31.3 Å². The second-order valence-corrected chi connectivity index (χ2v) is 5.29. The molecule has 0 bridgehead atoms. The van der Waals surface area contributed by atoms with Gasteiger partial charge in [0.1, 0.15) is 0 Å². The average Bonchev–Trinajstić information content (AvgIpc) is 2.36. The summed E-state index contributed by atoms with van der Waals surface area (Å²) in [6.45, 7) is 4.41. The summed E-state index contributed by atoms with van der Waals surface area (Å²) in [7, 11) is 1.33. The Balaban J connectivity index is 2.93. The summed E-state index contributed by atoms with van der Waals surface area (Å²) in [6.07, 6.45) is 0. The van der Waals surface area contributed by atoms with E-state index in [1.165, 1.54) is 7.11 Å². The molecule has 0 fully saturated rings. The van der Waals surface area contributed by atoms with Crippen molar-refractivity contribution in [3.05, 3.63) is 28.8 Å². The zero-order valence-corrected chi connectivity index (χ0v) is 11.5. The van der Waals surface area contributed by atoms with Crippen LogP contribution in [0.2, 0.25) is 5.02 Å². The van der Waals surface area contributed by atoms with Gasteiger partial charge in [-0.2, -0.15) is 0 Å². The highest BCUT2D eigenvalue weighted by Crippen LogP contribution is 2.23. The maximum absolute atomic E-state index is 11.6. The maximum atomic E-state index is 11.6. The molecule has 0 aliphatic rings. The standard InChI is InChI=1S/C13H18ClNO3/c1-13(2,8-16)7-15-11-6-9(14)4-5-10(11)12(17)18-3/h4-6,15-16H,7-8H2,1-3H3. The molecule has 0 heterocycles. The second kappa shape index (κ2) is 6.07. The monoisotopic (exact) mass is 271 g/mol. The van der Waals surface area contributed by atoms with Gasteiger partial charge in [0.2, 0.25) is 0 Å². The highest BCUT2D eigenvalue weighted by Gasteiger charge is 2.18. The molecule has 0 saturated heterocycles. The van der Waals surface area contributed by atoms with E-state index < -0.39 is 5.97 Å². The van der Waals surface area contributed by atoms with Crippen LogP contribution in [0.5, 0.6) is 0 Å². The van der Waals surface area contributed by atoms with Crippen LogP contribution in [0.25, 0.3) is 0 Å². The Bertz CT molecular complexity index is 432. The van der Waals surface area contributed by atoms with Crippen LogP contribution in [0, 0.1) is 5.41 Å². The van der Waals surface area contributed by atoms with Crippen LogP contribution in [0.4, 0.5) is 5.69 Å². The van der Waals surface area contributed by atoms with Gasteiger partial charge in [0.25, 0.3) is 0 Å². The Kier molecular flexibility index (Phi) is 4.99. The number of halogens is 1. The van der Waals surface area contributed by atoms with Crippen molar-refractivity contribution in [3.8, 4) is 0 Å². The lowest BCUT2D eigenvalue weighted by Gasteiger charge is -2.23. The lowest BCUT2D eigenvalue weighted by Crippen LogP contribution is -2.27. The summed E-state index contributed by atoms with van der Waals surface area (Å²) in [6, 6.07) is 4.92. The molecule has 0 atom stereocenters. The van der Waals surface area contributed by atoms with Gasteiger partial charge < -0.3 is 15.2 Å². The molecule has 18 heavy (non-hydrogen) atoms. The number of aliphatic hydroxyl groups excluding tert-OH is 1. The molecule has 0 amide bonds. The first-order valence-corrected chi connectivity index (χ1v) is 6.00. The van der Waals surface area contributed by atoms with Crippen LogP contribution in [-0.2, 0) is 4.74 Å². The first-order valence-electron chi connectivity index (χ1n) is 5.62. The number of ether oxygens (including phenoxy) is 1. The van der Waals surface area contributed by atoms with Crippen molar-refractivity contribution in [3.63, 3.8) is 0 Å². The molecule has 0 radical (unpaired) electrons. The fourth-order valence-electron chi connectivity index (χ4n) is 1.34. The number of hydrogen-bond acceptors (Lipinski definition) is 4. The summed E-state index contributed by atoms with van der Waals surface area (Å²) in [5.41, 5.74) is 0.752. The van der Waals surface area contributed by atoms with Gasteiger partial charge in [-0.3, -0.25) is 0 Å². The van der Waals surface area contributed by atoms with Crippen molar-refractivity contribution >= 4 is 23.3 Å². The van der Waals surface area contributed by atoms with E-state index in [4.69, 9.17) is 16.3 Å². The topological polar surface area (TPSA) is 58.6 Å². The highest BCUT2D eigenvalue weighted by molar-refractivity contribution is 6.31. The van der Waals surface area contributed by atoms with Crippen LogP contribution in [0.15, 0.2) is 18.2 Å². The smallest absolute Gasteiger partial charge is 0.339 e. The van der Waals surface area contributed by atoms with Crippen LogP contribution in [0.3, 0.4) is 0 Å². The first kappa shape index (κ1) is 14.8. The van der Waals surface area contributed by atoms with Crippen molar-refractivity contribution in [1.29, 1.82) is 0 Å². The molecule has 0 aromatic heterocycles. The highest BCUT2D eigenvalue weighted by atomic mass is 35.5. The number of hydrogen-bond donors (Lipinski definition) is 2. The van der Waals surface area contributed by atoms with Gasteiger partial charge in [0.05, 0.1) is 18.4 Å². The number of carbonyl (C=O) groups is 1. The Morgan fingerprint density at radius 3 is 2.72 bits per heavy atom. The predicted molar refractivity (Wildman–Crippen MR) is 72.1 cm³/mol. The van der Waals surface area contributed by atoms with Gasteiger partial charge in [-0.1, -0.05) is 25.4 Å². The molecule has 1 aromatic carbocycles. The first-order chi connectivity index (χ1) is 8.39.